The highest BCUT2D eigenvalue weighted by Crippen LogP contribution is 2.23. The van der Waals surface area contributed by atoms with Crippen LogP contribution in [0, 0.1) is 5.82 Å². The lowest BCUT2D eigenvalue weighted by atomic mass is 10.1. The van der Waals surface area contributed by atoms with Gasteiger partial charge in [-0.05, 0) is 37.7 Å². The number of thioether (sulfide) groups is 1. The van der Waals surface area contributed by atoms with E-state index in [-0.39, 0.29) is 5.82 Å². The lowest BCUT2D eigenvalue weighted by molar-refractivity contribution is 0.277. The Morgan fingerprint density at radius 2 is 2.05 bits per heavy atom. The summed E-state index contributed by atoms with van der Waals surface area (Å²) in [4.78, 5) is 7.12. The second-order valence-corrected chi connectivity index (χ2v) is 5.86. The molecule has 0 aliphatic rings. The van der Waals surface area contributed by atoms with Gasteiger partial charge in [0, 0.05) is 35.6 Å². The van der Waals surface area contributed by atoms with E-state index >= 15 is 0 Å². The molecule has 0 fully saturated rings. The topological polar surface area (TPSA) is 16.1 Å². The van der Waals surface area contributed by atoms with Gasteiger partial charge in [-0.3, -0.25) is 9.88 Å². The van der Waals surface area contributed by atoms with Crippen LogP contribution >= 0.6 is 11.8 Å². The van der Waals surface area contributed by atoms with E-state index in [0.29, 0.717) is 6.04 Å². The number of pyridine rings is 1. The summed E-state index contributed by atoms with van der Waals surface area (Å²) in [5, 5.41) is 0. The Morgan fingerprint density at radius 1 is 1.25 bits per heavy atom. The van der Waals surface area contributed by atoms with Crippen molar-refractivity contribution in [3.8, 4) is 0 Å². The van der Waals surface area contributed by atoms with Crippen LogP contribution < -0.4 is 0 Å². The smallest absolute Gasteiger partial charge is 0.136 e. The van der Waals surface area contributed by atoms with Crippen molar-refractivity contribution in [2.75, 3.05) is 19.3 Å². The third-order valence-electron chi connectivity index (χ3n) is 3.37. The number of aromatic nitrogens is 1. The highest BCUT2D eigenvalue weighted by Gasteiger charge is 2.11. The lowest BCUT2D eigenvalue weighted by Gasteiger charge is -2.24. The lowest BCUT2D eigenvalue weighted by Crippen LogP contribution is -2.25. The quantitative estimate of drug-likeness (QED) is 0.748. The minimum Gasteiger partial charge on any atom is -0.299 e. The fourth-order valence-electron chi connectivity index (χ4n) is 1.93. The van der Waals surface area contributed by atoms with Crippen LogP contribution in [0.3, 0.4) is 0 Å². The van der Waals surface area contributed by atoms with Crippen molar-refractivity contribution in [3.63, 3.8) is 0 Å². The van der Waals surface area contributed by atoms with Crippen LogP contribution in [-0.2, 0) is 0 Å². The van der Waals surface area contributed by atoms with E-state index < -0.39 is 0 Å². The van der Waals surface area contributed by atoms with Crippen molar-refractivity contribution in [1.82, 2.24) is 9.88 Å². The molecule has 0 saturated carbocycles. The monoisotopic (exact) mass is 290 g/mol. The zero-order valence-electron chi connectivity index (χ0n) is 11.8. The minimum atomic E-state index is -0.138. The summed E-state index contributed by atoms with van der Waals surface area (Å²) in [5.41, 5.74) is 1.20. The molecule has 0 spiro atoms. The first kappa shape index (κ1) is 15.0. The highest BCUT2D eigenvalue weighted by atomic mass is 32.2. The molecular formula is C16H19FN2S. The molecule has 0 unspecified atom stereocenters. The molecule has 0 N–H and O–H groups in total. The number of benzene rings is 1. The Hall–Kier alpha value is -1.39. The predicted octanol–water partition coefficient (Wildman–Crippen LogP) is 4.01. The molecule has 0 aliphatic heterocycles. The van der Waals surface area contributed by atoms with E-state index in [1.165, 1.54) is 11.6 Å². The van der Waals surface area contributed by atoms with Gasteiger partial charge in [-0.15, -0.1) is 11.8 Å². The third kappa shape index (κ3) is 4.05. The van der Waals surface area contributed by atoms with Crippen LogP contribution in [0.1, 0.15) is 18.5 Å². The van der Waals surface area contributed by atoms with Gasteiger partial charge in [-0.2, -0.15) is 0 Å². The summed E-state index contributed by atoms with van der Waals surface area (Å²) in [7, 11) is 2.08. The summed E-state index contributed by atoms with van der Waals surface area (Å²) in [6, 6.07) is 11.3. The average Bonchev–Trinajstić information content (AvgIpc) is 2.49. The average molecular weight is 290 g/mol. The van der Waals surface area contributed by atoms with Gasteiger partial charge in [0.05, 0.1) is 0 Å². The van der Waals surface area contributed by atoms with Crippen LogP contribution in [-0.4, -0.2) is 29.2 Å². The van der Waals surface area contributed by atoms with Gasteiger partial charge in [0.2, 0.25) is 0 Å². The standard InChI is InChI=1S/C16H19FN2S/c1-13(14-6-5-9-18-12-14)19(2)10-11-20-16-8-4-3-7-15(16)17/h3-9,12-13H,10-11H2,1-2H3/t13-/m0/s1. The summed E-state index contributed by atoms with van der Waals surface area (Å²) in [6.07, 6.45) is 3.68. The molecule has 0 bridgehead atoms. The Morgan fingerprint density at radius 3 is 2.75 bits per heavy atom. The SMILES string of the molecule is C[C@@H](c1cccnc1)N(C)CCSc1ccccc1F. The van der Waals surface area contributed by atoms with Crippen LogP contribution in [0.25, 0.3) is 0 Å². The van der Waals surface area contributed by atoms with E-state index in [1.807, 2.05) is 24.4 Å². The van der Waals surface area contributed by atoms with E-state index in [4.69, 9.17) is 0 Å². The van der Waals surface area contributed by atoms with Crippen molar-refractivity contribution in [3.05, 3.63) is 60.2 Å². The number of hydrogen-bond donors (Lipinski definition) is 0. The fraction of sp³-hybridized carbons (Fsp3) is 0.312. The van der Waals surface area contributed by atoms with Crippen LogP contribution in [0.4, 0.5) is 4.39 Å². The molecular weight excluding hydrogens is 271 g/mol. The molecule has 4 heteroatoms. The zero-order valence-corrected chi connectivity index (χ0v) is 12.6. The molecule has 2 rings (SSSR count). The van der Waals surface area contributed by atoms with Gasteiger partial charge < -0.3 is 0 Å². The third-order valence-corrected chi connectivity index (χ3v) is 4.39. The zero-order chi connectivity index (χ0) is 14.4. The number of halogens is 1. The van der Waals surface area contributed by atoms with E-state index in [0.717, 1.165) is 17.2 Å². The molecule has 0 amide bonds. The Balaban J connectivity index is 1.84. The summed E-state index contributed by atoms with van der Waals surface area (Å²) in [5.74, 6) is 0.725. The highest BCUT2D eigenvalue weighted by molar-refractivity contribution is 7.99. The Kier molecular flexibility index (Phi) is 5.56. The van der Waals surface area contributed by atoms with Crippen LogP contribution in [0.15, 0.2) is 53.7 Å². The van der Waals surface area contributed by atoms with Crippen molar-refractivity contribution in [2.24, 2.45) is 0 Å². The second-order valence-electron chi connectivity index (χ2n) is 4.72. The molecule has 1 heterocycles. The fourth-order valence-corrected chi connectivity index (χ4v) is 2.91. The number of rotatable bonds is 6. The van der Waals surface area contributed by atoms with Crippen LogP contribution in [0.2, 0.25) is 0 Å². The first-order valence-corrected chi connectivity index (χ1v) is 7.64. The van der Waals surface area contributed by atoms with Crippen molar-refractivity contribution < 1.29 is 4.39 Å². The Labute approximate surface area is 124 Å². The van der Waals surface area contributed by atoms with Crippen LogP contribution in [0.5, 0.6) is 0 Å². The molecule has 2 aromatic rings. The first-order valence-electron chi connectivity index (χ1n) is 6.66. The maximum Gasteiger partial charge on any atom is 0.136 e. The van der Waals surface area contributed by atoms with Gasteiger partial charge in [0.15, 0.2) is 0 Å². The number of nitrogens with zero attached hydrogens (tertiary/aromatic N) is 2. The second kappa shape index (κ2) is 7.41. The van der Waals surface area contributed by atoms with Gasteiger partial charge in [-0.1, -0.05) is 18.2 Å². The minimum absolute atomic E-state index is 0.138. The predicted molar refractivity (Wildman–Crippen MR) is 82.4 cm³/mol. The summed E-state index contributed by atoms with van der Waals surface area (Å²) in [6.45, 7) is 3.06. The normalized spacial score (nSPS) is 12.6. The van der Waals surface area contributed by atoms with E-state index in [9.17, 15) is 4.39 Å². The Bertz CT molecular complexity index is 533. The molecule has 1 aromatic heterocycles. The van der Waals surface area contributed by atoms with E-state index in [1.54, 1.807) is 24.0 Å². The van der Waals surface area contributed by atoms with Gasteiger partial charge in [0.25, 0.3) is 0 Å². The molecule has 0 radical (unpaired) electrons. The summed E-state index contributed by atoms with van der Waals surface area (Å²) >= 11 is 1.56. The molecule has 1 aromatic carbocycles. The van der Waals surface area contributed by atoms with Gasteiger partial charge in [0.1, 0.15) is 5.82 Å². The molecule has 2 nitrogen and oxygen atoms in total. The molecule has 0 aliphatic carbocycles. The van der Waals surface area contributed by atoms with Crippen molar-refractivity contribution >= 4 is 11.8 Å². The van der Waals surface area contributed by atoms with Crippen molar-refractivity contribution in [1.29, 1.82) is 0 Å². The van der Waals surface area contributed by atoms with Crippen molar-refractivity contribution in [2.45, 2.75) is 17.9 Å². The molecule has 106 valence electrons. The molecule has 20 heavy (non-hydrogen) atoms. The summed E-state index contributed by atoms with van der Waals surface area (Å²) < 4.78 is 13.5. The largest absolute Gasteiger partial charge is 0.299 e. The molecule has 1 atom stereocenters. The maximum atomic E-state index is 13.5. The molecule has 0 saturated heterocycles. The van der Waals surface area contributed by atoms with Gasteiger partial charge in [-0.25, -0.2) is 4.39 Å². The van der Waals surface area contributed by atoms with Gasteiger partial charge >= 0.3 is 0 Å². The number of hydrogen-bond acceptors (Lipinski definition) is 3. The maximum absolute atomic E-state index is 13.5. The van der Waals surface area contributed by atoms with E-state index in [2.05, 4.69) is 29.9 Å². The first-order chi connectivity index (χ1) is 9.68.